The molecule has 0 spiro atoms. The van der Waals surface area contributed by atoms with E-state index in [0.717, 1.165) is 16.9 Å². The van der Waals surface area contributed by atoms with Gasteiger partial charge in [-0.15, -0.1) is 11.6 Å². The molecule has 2 rings (SSSR count). The van der Waals surface area contributed by atoms with E-state index in [1.807, 2.05) is 35.9 Å². The van der Waals surface area contributed by atoms with Gasteiger partial charge in [-0.25, -0.2) is 9.66 Å². The van der Waals surface area contributed by atoms with Crippen molar-refractivity contribution in [3.8, 4) is 6.07 Å². The van der Waals surface area contributed by atoms with Crippen LogP contribution in [0.3, 0.4) is 0 Å². The molecule has 1 aromatic carbocycles. The first-order chi connectivity index (χ1) is 7.67. The van der Waals surface area contributed by atoms with Gasteiger partial charge in [-0.05, 0) is 18.2 Å². The summed E-state index contributed by atoms with van der Waals surface area (Å²) in [5.74, 6) is 1.12. The maximum absolute atomic E-state index is 8.87. The van der Waals surface area contributed by atoms with E-state index in [-0.39, 0.29) is 0 Å². The third-order valence-corrected chi connectivity index (χ3v) is 2.59. The number of imidazole rings is 1. The Kier molecular flexibility index (Phi) is 2.71. The first-order valence-electron chi connectivity index (χ1n) is 4.82. The fourth-order valence-electron chi connectivity index (χ4n) is 1.72. The van der Waals surface area contributed by atoms with Gasteiger partial charge in [0.2, 0.25) is 0 Å². The van der Waals surface area contributed by atoms with E-state index in [1.165, 1.54) is 0 Å². The zero-order chi connectivity index (χ0) is 11.7. The lowest BCUT2D eigenvalue weighted by molar-refractivity contribution is 0.719. The molecular weight excluding hydrogens is 224 g/mol. The van der Waals surface area contributed by atoms with E-state index in [0.29, 0.717) is 11.4 Å². The number of rotatable bonds is 2. The number of nitriles is 1. The molecule has 82 valence electrons. The zero-order valence-corrected chi connectivity index (χ0v) is 9.86. The number of hydrogen-bond donors (Lipinski definition) is 0. The van der Waals surface area contributed by atoms with Gasteiger partial charge < -0.3 is 5.01 Å². The van der Waals surface area contributed by atoms with E-state index in [4.69, 9.17) is 16.9 Å². The molecule has 0 radical (unpaired) electrons. The van der Waals surface area contributed by atoms with Gasteiger partial charge in [-0.3, -0.25) is 0 Å². The van der Waals surface area contributed by atoms with Crippen LogP contribution in [0.4, 0.5) is 0 Å². The van der Waals surface area contributed by atoms with Crippen LogP contribution in [-0.4, -0.2) is 23.8 Å². The summed E-state index contributed by atoms with van der Waals surface area (Å²) >= 11 is 5.85. The molecule has 0 saturated carbocycles. The molecule has 0 saturated heterocycles. The van der Waals surface area contributed by atoms with Crippen LogP contribution in [0.25, 0.3) is 11.0 Å². The first kappa shape index (κ1) is 10.8. The summed E-state index contributed by atoms with van der Waals surface area (Å²) in [6, 6.07) is 7.53. The monoisotopic (exact) mass is 234 g/mol. The van der Waals surface area contributed by atoms with Crippen LogP contribution in [-0.2, 0) is 5.88 Å². The van der Waals surface area contributed by atoms with E-state index in [2.05, 4.69) is 11.1 Å². The minimum absolute atomic E-state index is 0.342. The highest BCUT2D eigenvalue weighted by atomic mass is 35.5. The van der Waals surface area contributed by atoms with E-state index < -0.39 is 0 Å². The molecule has 16 heavy (non-hydrogen) atoms. The minimum Gasteiger partial charge on any atom is -0.317 e. The van der Waals surface area contributed by atoms with Crippen LogP contribution in [0.5, 0.6) is 0 Å². The molecule has 0 fully saturated rings. The van der Waals surface area contributed by atoms with Crippen molar-refractivity contribution in [2.75, 3.05) is 19.1 Å². The number of aromatic nitrogens is 2. The summed E-state index contributed by atoms with van der Waals surface area (Å²) in [5.41, 5.74) is 2.37. The minimum atomic E-state index is 0.342. The Morgan fingerprint density at radius 1 is 1.50 bits per heavy atom. The number of hydrogen-bond acceptors (Lipinski definition) is 3. The maximum Gasteiger partial charge on any atom is 0.143 e. The molecule has 0 amide bonds. The summed E-state index contributed by atoms with van der Waals surface area (Å²) in [6.07, 6.45) is 0. The second kappa shape index (κ2) is 4.03. The fourth-order valence-corrected chi connectivity index (χ4v) is 1.89. The molecule has 0 bridgehead atoms. The second-order valence-corrected chi connectivity index (χ2v) is 3.90. The Morgan fingerprint density at radius 3 is 2.81 bits per heavy atom. The van der Waals surface area contributed by atoms with Gasteiger partial charge in [-0.2, -0.15) is 5.26 Å². The topological polar surface area (TPSA) is 44.9 Å². The van der Waals surface area contributed by atoms with Crippen LogP contribution in [0.15, 0.2) is 18.2 Å². The van der Waals surface area contributed by atoms with Gasteiger partial charge in [0.05, 0.1) is 28.5 Å². The van der Waals surface area contributed by atoms with Crippen molar-refractivity contribution in [2.45, 2.75) is 5.88 Å². The number of halogens is 1. The fraction of sp³-hybridized carbons (Fsp3) is 0.273. The Labute approximate surface area is 98.6 Å². The summed E-state index contributed by atoms with van der Waals surface area (Å²) in [5, 5.41) is 10.8. The van der Waals surface area contributed by atoms with Crippen LogP contribution in [0.2, 0.25) is 0 Å². The lowest BCUT2D eigenvalue weighted by Crippen LogP contribution is -2.26. The Balaban J connectivity index is 2.77. The lowest BCUT2D eigenvalue weighted by atomic mass is 10.2. The molecule has 5 heteroatoms. The standard InChI is InChI=1S/C11H11ClN4/c1-15(2)16-10-5-8(7-13)3-4-9(10)14-11(16)6-12/h3-5H,6H2,1-2H3. The van der Waals surface area contributed by atoms with E-state index >= 15 is 0 Å². The Hall–Kier alpha value is -1.73. The highest BCUT2D eigenvalue weighted by Crippen LogP contribution is 2.18. The average molecular weight is 235 g/mol. The number of benzene rings is 1. The van der Waals surface area contributed by atoms with Crippen LogP contribution in [0.1, 0.15) is 11.4 Å². The molecule has 0 N–H and O–H groups in total. The molecule has 0 aliphatic heterocycles. The molecule has 2 aromatic rings. The molecule has 0 aliphatic carbocycles. The van der Waals surface area contributed by atoms with Crippen molar-refractivity contribution in [3.63, 3.8) is 0 Å². The maximum atomic E-state index is 8.87. The summed E-state index contributed by atoms with van der Waals surface area (Å²) in [4.78, 5) is 4.41. The van der Waals surface area contributed by atoms with Crippen LogP contribution < -0.4 is 5.01 Å². The number of fused-ring (bicyclic) bond motifs is 1. The van der Waals surface area contributed by atoms with Crippen LogP contribution >= 0.6 is 11.6 Å². The predicted octanol–water partition coefficient (Wildman–Crippen LogP) is 1.84. The normalized spacial score (nSPS) is 10.4. The van der Waals surface area contributed by atoms with Crippen molar-refractivity contribution in [1.82, 2.24) is 9.66 Å². The van der Waals surface area contributed by atoms with E-state index in [9.17, 15) is 0 Å². The van der Waals surface area contributed by atoms with Crippen molar-refractivity contribution >= 4 is 22.6 Å². The van der Waals surface area contributed by atoms with Gasteiger partial charge >= 0.3 is 0 Å². The summed E-state index contributed by atoms with van der Waals surface area (Å²) < 4.78 is 1.91. The molecule has 0 unspecified atom stereocenters. The third-order valence-electron chi connectivity index (χ3n) is 2.35. The largest absolute Gasteiger partial charge is 0.317 e. The van der Waals surface area contributed by atoms with Crippen molar-refractivity contribution in [2.24, 2.45) is 0 Å². The molecule has 4 nitrogen and oxygen atoms in total. The predicted molar refractivity (Wildman–Crippen MR) is 64.1 cm³/mol. The summed E-state index contributed by atoms with van der Waals surface area (Å²) in [6.45, 7) is 0. The zero-order valence-electron chi connectivity index (χ0n) is 9.11. The SMILES string of the molecule is CN(C)n1c(CCl)nc2ccc(C#N)cc21. The molecule has 0 aliphatic rings. The van der Waals surface area contributed by atoms with Gasteiger partial charge in [0.1, 0.15) is 5.82 Å². The highest BCUT2D eigenvalue weighted by Gasteiger charge is 2.11. The van der Waals surface area contributed by atoms with Crippen molar-refractivity contribution in [3.05, 3.63) is 29.6 Å². The Morgan fingerprint density at radius 2 is 2.25 bits per heavy atom. The lowest BCUT2D eigenvalue weighted by Gasteiger charge is -2.17. The molecule has 1 aromatic heterocycles. The third kappa shape index (κ3) is 1.59. The Bertz CT molecular complexity index is 565. The smallest absolute Gasteiger partial charge is 0.143 e. The number of nitrogens with zero attached hydrogens (tertiary/aromatic N) is 4. The van der Waals surface area contributed by atoms with Crippen LogP contribution in [0, 0.1) is 11.3 Å². The second-order valence-electron chi connectivity index (χ2n) is 3.64. The number of alkyl halides is 1. The van der Waals surface area contributed by atoms with E-state index in [1.54, 1.807) is 6.07 Å². The molecule has 1 heterocycles. The van der Waals surface area contributed by atoms with Crippen molar-refractivity contribution in [1.29, 1.82) is 5.26 Å². The van der Waals surface area contributed by atoms with Gasteiger partial charge in [0, 0.05) is 14.1 Å². The molecule has 0 atom stereocenters. The van der Waals surface area contributed by atoms with Crippen molar-refractivity contribution < 1.29 is 0 Å². The molecular formula is C11H11ClN4. The van der Waals surface area contributed by atoms with Gasteiger partial charge in [0.25, 0.3) is 0 Å². The van der Waals surface area contributed by atoms with Gasteiger partial charge in [0.15, 0.2) is 0 Å². The average Bonchev–Trinajstić information content (AvgIpc) is 2.65. The quantitative estimate of drug-likeness (QED) is 0.745. The first-order valence-corrected chi connectivity index (χ1v) is 5.36. The van der Waals surface area contributed by atoms with Gasteiger partial charge in [-0.1, -0.05) is 0 Å². The summed E-state index contributed by atoms with van der Waals surface area (Å²) in [7, 11) is 3.83. The highest BCUT2D eigenvalue weighted by molar-refractivity contribution is 6.16.